The summed E-state index contributed by atoms with van der Waals surface area (Å²) < 4.78 is 26.8. The van der Waals surface area contributed by atoms with E-state index in [1.54, 1.807) is 0 Å². The number of benzene rings is 1. The molecule has 3 nitrogen and oxygen atoms in total. The summed E-state index contributed by atoms with van der Waals surface area (Å²) in [6, 6.07) is 6.55. The summed E-state index contributed by atoms with van der Waals surface area (Å²) in [5.41, 5.74) is 4.23. The van der Waals surface area contributed by atoms with E-state index in [1.807, 2.05) is 17.5 Å². The van der Waals surface area contributed by atoms with Crippen molar-refractivity contribution in [2.45, 2.75) is 18.3 Å². The van der Waals surface area contributed by atoms with Crippen LogP contribution in [0.2, 0.25) is 0 Å². The maximum Gasteiger partial charge on any atom is 0.315 e. The van der Waals surface area contributed by atoms with Crippen LogP contribution in [-0.4, -0.2) is 17.6 Å². The highest BCUT2D eigenvalue weighted by atomic mass is 32.1. The van der Waals surface area contributed by atoms with Gasteiger partial charge in [0.1, 0.15) is 17.0 Å². The van der Waals surface area contributed by atoms with Gasteiger partial charge in [-0.05, 0) is 42.0 Å². The zero-order valence-electron chi connectivity index (χ0n) is 11.2. The van der Waals surface area contributed by atoms with Crippen molar-refractivity contribution in [2.75, 3.05) is 6.54 Å². The van der Waals surface area contributed by atoms with E-state index in [0.29, 0.717) is 12.5 Å². The molecule has 0 aliphatic carbocycles. The minimum Gasteiger partial charge on any atom is -0.481 e. The summed E-state index contributed by atoms with van der Waals surface area (Å²) >= 11 is 1.51. The molecule has 112 valence electrons. The molecule has 3 N–H and O–H groups in total. The van der Waals surface area contributed by atoms with Crippen LogP contribution in [0.4, 0.5) is 8.78 Å². The van der Waals surface area contributed by atoms with E-state index in [4.69, 9.17) is 5.73 Å². The summed E-state index contributed by atoms with van der Waals surface area (Å²) in [5.74, 6) is -2.79. The van der Waals surface area contributed by atoms with Gasteiger partial charge in [0.2, 0.25) is 0 Å². The Morgan fingerprint density at radius 3 is 2.43 bits per heavy atom. The lowest BCUT2D eigenvalue weighted by Crippen LogP contribution is -2.43. The number of carboxylic acid groups (broad SMARTS) is 1. The molecule has 0 bridgehead atoms. The number of hydrogen-bond acceptors (Lipinski definition) is 3. The van der Waals surface area contributed by atoms with E-state index in [0.717, 1.165) is 17.0 Å². The molecular weight excluding hydrogens is 296 g/mol. The Balaban J connectivity index is 2.38. The van der Waals surface area contributed by atoms with Crippen molar-refractivity contribution in [3.63, 3.8) is 0 Å². The summed E-state index contributed by atoms with van der Waals surface area (Å²) in [6.07, 6.45) is 0.668. The van der Waals surface area contributed by atoms with Crippen molar-refractivity contribution >= 4 is 17.3 Å². The molecule has 0 saturated carbocycles. The summed E-state index contributed by atoms with van der Waals surface area (Å²) in [7, 11) is 0. The van der Waals surface area contributed by atoms with Crippen molar-refractivity contribution in [3.8, 4) is 0 Å². The predicted octanol–water partition coefficient (Wildman–Crippen LogP) is 2.94. The van der Waals surface area contributed by atoms with E-state index in [2.05, 4.69) is 0 Å². The third kappa shape index (κ3) is 3.28. The van der Waals surface area contributed by atoms with E-state index in [9.17, 15) is 18.7 Å². The first-order valence-corrected chi connectivity index (χ1v) is 7.28. The SMILES string of the molecule is NCC(CCc1cccs1)(C(=O)O)c1cc(F)cc(F)c1. The van der Waals surface area contributed by atoms with Crippen LogP contribution in [0.3, 0.4) is 0 Å². The van der Waals surface area contributed by atoms with Gasteiger partial charge >= 0.3 is 5.97 Å². The van der Waals surface area contributed by atoms with Gasteiger partial charge in [0.25, 0.3) is 0 Å². The number of halogens is 2. The van der Waals surface area contributed by atoms with Crippen molar-refractivity contribution in [2.24, 2.45) is 5.73 Å². The Hall–Kier alpha value is -1.79. The Bertz CT molecular complexity index is 610. The molecule has 2 aromatic rings. The standard InChI is InChI=1S/C15H15F2NO2S/c16-11-6-10(7-12(17)8-11)15(9-18,14(19)20)4-3-13-2-1-5-21-13/h1-2,5-8H,3-4,9,18H2,(H,19,20). The monoisotopic (exact) mass is 311 g/mol. The molecular formula is C15H15F2NO2S. The number of thiophene rings is 1. The fourth-order valence-corrected chi connectivity index (χ4v) is 3.01. The lowest BCUT2D eigenvalue weighted by molar-refractivity contribution is -0.143. The number of aryl methyl sites for hydroxylation is 1. The van der Waals surface area contributed by atoms with E-state index in [-0.39, 0.29) is 18.5 Å². The van der Waals surface area contributed by atoms with Gasteiger partial charge in [0.05, 0.1) is 0 Å². The molecule has 0 fully saturated rings. The molecule has 6 heteroatoms. The quantitative estimate of drug-likeness (QED) is 0.862. The van der Waals surface area contributed by atoms with Gasteiger partial charge in [0.15, 0.2) is 0 Å². The summed E-state index contributed by atoms with van der Waals surface area (Å²) in [6.45, 7) is -0.226. The number of rotatable bonds is 6. The fourth-order valence-electron chi connectivity index (χ4n) is 2.30. The second-order valence-electron chi connectivity index (χ2n) is 4.83. The highest BCUT2D eigenvalue weighted by molar-refractivity contribution is 7.09. The van der Waals surface area contributed by atoms with E-state index in [1.165, 1.54) is 11.3 Å². The van der Waals surface area contributed by atoms with Gasteiger partial charge in [-0.2, -0.15) is 0 Å². The van der Waals surface area contributed by atoms with Gasteiger partial charge < -0.3 is 10.8 Å². The molecule has 1 unspecified atom stereocenters. The molecule has 1 heterocycles. The number of nitrogens with two attached hydrogens (primary N) is 1. The fraction of sp³-hybridized carbons (Fsp3) is 0.267. The second kappa shape index (κ2) is 6.32. The second-order valence-corrected chi connectivity index (χ2v) is 5.86. The molecule has 2 rings (SSSR count). The number of carbonyl (C=O) groups is 1. The van der Waals surface area contributed by atoms with Crippen LogP contribution in [-0.2, 0) is 16.6 Å². The van der Waals surface area contributed by atoms with Gasteiger partial charge in [0, 0.05) is 17.5 Å². The van der Waals surface area contributed by atoms with Crippen LogP contribution in [0.1, 0.15) is 16.9 Å². The average molecular weight is 311 g/mol. The molecule has 0 radical (unpaired) electrons. The highest BCUT2D eigenvalue weighted by Gasteiger charge is 2.39. The van der Waals surface area contributed by atoms with Crippen molar-refractivity contribution in [1.29, 1.82) is 0 Å². The Labute approximate surface area is 125 Å². The molecule has 0 aliphatic heterocycles. The van der Waals surface area contributed by atoms with Crippen molar-refractivity contribution in [1.82, 2.24) is 0 Å². The zero-order valence-corrected chi connectivity index (χ0v) is 12.0. The van der Waals surface area contributed by atoms with Gasteiger partial charge in [-0.15, -0.1) is 11.3 Å². The van der Waals surface area contributed by atoms with E-state index >= 15 is 0 Å². The number of hydrogen-bond donors (Lipinski definition) is 2. The van der Waals surface area contributed by atoms with Crippen LogP contribution in [0, 0.1) is 11.6 Å². The Morgan fingerprint density at radius 2 is 1.95 bits per heavy atom. The number of aliphatic carboxylic acids is 1. The topological polar surface area (TPSA) is 63.3 Å². The molecule has 0 spiro atoms. The molecule has 1 aromatic carbocycles. The molecule has 0 amide bonds. The van der Waals surface area contributed by atoms with Crippen molar-refractivity contribution in [3.05, 3.63) is 57.8 Å². The molecule has 1 atom stereocenters. The molecule has 1 aromatic heterocycles. The van der Waals surface area contributed by atoms with Gasteiger partial charge in [-0.3, -0.25) is 4.79 Å². The third-order valence-corrected chi connectivity index (χ3v) is 4.49. The normalized spacial score (nSPS) is 13.9. The highest BCUT2D eigenvalue weighted by Crippen LogP contribution is 2.31. The largest absolute Gasteiger partial charge is 0.481 e. The molecule has 0 aliphatic rings. The lowest BCUT2D eigenvalue weighted by Gasteiger charge is -2.28. The number of carboxylic acids is 1. The Morgan fingerprint density at radius 1 is 1.29 bits per heavy atom. The van der Waals surface area contributed by atoms with Crippen LogP contribution in [0.15, 0.2) is 35.7 Å². The molecule has 21 heavy (non-hydrogen) atoms. The summed E-state index contributed by atoms with van der Waals surface area (Å²) in [4.78, 5) is 12.7. The third-order valence-electron chi connectivity index (χ3n) is 3.55. The lowest BCUT2D eigenvalue weighted by atomic mass is 9.76. The Kier molecular flexibility index (Phi) is 4.69. The maximum absolute atomic E-state index is 13.4. The minimum absolute atomic E-state index is 0.0616. The molecule has 0 saturated heterocycles. The predicted molar refractivity (Wildman–Crippen MR) is 77.4 cm³/mol. The smallest absolute Gasteiger partial charge is 0.315 e. The van der Waals surface area contributed by atoms with Crippen molar-refractivity contribution < 1.29 is 18.7 Å². The van der Waals surface area contributed by atoms with Gasteiger partial charge in [-0.1, -0.05) is 6.07 Å². The first kappa shape index (κ1) is 15.6. The first-order chi connectivity index (χ1) is 9.98. The van der Waals surface area contributed by atoms with Crippen LogP contribution < -0.4 is 5.73 Å². The van der Waals surface area contributed by atoms with Gasteiger partial charge in [-0.25, -0.2) is 8.78 Å². The first-order valence-electron chi connectivity index (χ1n) is 6.40. The zero-order chi connectivity index (χ0) is 15.5. The summed E-state index contributed by atoms with van der Waals surface area (Å²) in [5, 5.41) is 11.5. The average Bonchev–Trinajstić information content (AvgIpc) is 2.91. The van der Waals surface area contributed by atoms with Crippen LogP contribution in [0.25, 0.3) is 0 Å². The van der Waals surface area contributed by atoms with Crippen LogP contribution >= 0.6 is 11.3 Å². The van der Waals surface area contributed by atoms with E-state index < -0.39 is 23.0 Å². The maximum atomic E-state index is 13.4. The van der Waals surface area contributed by atoms with Crippen LogP contribution in [0.5, 0.6) is 0 Å². The minimum atomic E-state index is -1.49.